The van der Waals surface area contributed by atoms with Crippen molar-refractivity contribution >= 4 is 17.7 Å². The summed E-state index contributed by atoms with van der Waals surface area (Å²) in [5.74, 6) is -1.27. The third kappa shape index (κ3) is 6.47. The van der Waals surface area contributed by atoms with Gasteiger partial charge in [-0.15, -0.1) is 0 Å². The van der Waals surface area contributed by atoms with Crippen molar-refractivity contribution < 1.29 is 28.6 Å². The molecule has 7 nitrogen and oxygen atoms in total. The number of aliphatic hydroxyl groups excluding tert-OH is 1. The second kappa shape index (κ2) is 10.9. The van der Waals surface area contributed by atoms with Crippen molar-refractivity contribution in [2.45, 2.75) is 52.0 Å². The number of halogens is 1. The van der Waals surface area contributed by atoms with Gasteiger partial charge >= 0.3 is 12.1 Å². The molecule has 1 saturated heterocycles. The maximum atomic E-state index is 14.8. The molecular weight excluding hydrogens is 439 g/mol. The zero-order valence-electron chi connectivity index (χ0n) is 20.2. The highest BCUT2D eigenvalue weighted by atomic mass is 19.1. The maximum Gasteiger partial charge on any atom is 0.410 e. The first kappa shape index (κ1) is 25.5. The number of methoxy groups -OCH3 is 1. The van der Waals surface area contributed by atoms with Crippen LogP contribution >= 0.6 is 0 Å². The van der Waals surface area contributed by atoms with E-state index in [2.05, 4.69) is 4.74 Å². The fraction of sp³-hybridized carbons (Fsp3) is 0.462. The van der Waals surface area contributed by atoms with Crippen LogP contribution in [0.15, 0.2) is 48.5 Å². The van der Waals surface area contributed by atoms with Crippen LogP contribution in [0, 0.1) is 11.7 Å². The number of hydrogen-bond donors (Lipinski definition) is 1. The van der Waals surface area contributed by atoms with Gasteiger partial charge in [0.25, 0.3) is 0 Å². The Bertz CT molecular complexity index is 984. The smallest absolute Gasteiger partial charge is 0.410 e. The molecule has 2 aromatic rings. The van der Waals surface area contributed by atoms with Crippen LogP contribution in [0.5, 0.6) is 0 Å². The summed E-state index contributed by atoms with van der Waals surface area (Å²) in [6.07, 6.45) is -0.0583. The molecule has 1 atom stereocenters. The molecule has 0 aliphatic carbocycles. The quantitative estimate of drug-likeness (QED) is 0.490. The fourth-order valence-corrected chi connectivity index (χ4v) is 4.02. The number of ether oxygens (including phenoxy) is 2. The lowest BCUT2D eigenvalue weighted by Gasteiger charge is -2.40. The average molecular weight is 473 g/mol. The van der Waals surface area contributed by atoms with E-state index >= 15 is 0 Å². The molecule has 1 aliphatic rings. The number of hydrogen-bond acceptors (Lipinski definition) is 6. The first-order valence-corrected chi connectivity index (χ1v) is 11.4. The standard InChI is InChI=1S/C26H33FN2O5/c1-26(2,3)34-25(32)28-14-12-18(13-15-28)23(30)29(21-8-6-5-7-9-21)17-20-11-10-19(16-22(20)27)24(31)33-4/h5-11,16,18,23,30H,12-15,17H2,1-4H3. The molecule has 1 amide bonds. The summed E-state index contributed by atoms with van der Waals surface area (Å²) in [6, 6.07) is 13.5. The molecule has 8 heteroatoms. The number of esters is 1. The minimum atomic E-state index is -0.886. The maximum absolute atomic E-state index is 14.8. The minimum absolute atomic E-state index is 0.115. The fourth-order valence-electron chi connectivity index (χ4n) is 4.02. The number of piperidine rings is 1. The van der Waals surface area contributed by atoms with Gasteiger partial charge in [-0.1, -0.05) is 24.3 Å². The number of carbonyl (C=O) groups excluding carboxylic acids is 2. The Balaban J connectivity index is 1.75. The summed E-state index contributed by atoms with van der Waals surface area (Å²) in [6.45, 7) is 6.55. The van der Waals surface area contributed by atoms with Gasteiger partial charge in [-0.3, -0.25) is 0 Å². The van der Waals surface area contributed by atoms with E-state index in [9.17, 15) is 19.1 Å². The van der Waals surface area contributed by atoms with Crippen molar-refractivity contribution in [3.63, 3.8) is 0 Å². The molecule has 0 radical (unpaired) electrons. The van der Waals surface area contributed by atoms with Crippen molar-refractivity contribution in [2.24, 2.45) is 5.92 Å². The highest BCUT2D eigenvalue weighted by Crippen LogP contribution is 2.29. The Kier molecular flexibility index (Phi) is 8.15. The summed E-state index contributed by atoms with van der Waals surface area (Å²) >= 11 is 0. The van der Waals surface area contributed by atoms with Crippen LogP contribution in [0.3, 0.4) is 0 Å². The van der Waals surface area contributed by atoms with E-state index in [1.165, 1.54) is 19.2 Å². The number of para-hydroxylation sites is 1. The lowest BCUT2D eigenvalue weighted by molar-refractivity contribution is 0.00732. The molecule has 1 aliphatic heterocycles. The number of likely N-dealkylation sites (tertiary alicyclic amines) is 1. The third-order valence-electron chi connectivity index (χ3n) is 5.83. The first-order chi connectivity index (χ1) is 16.1. The molecule has 0 bridgehead atoms. The van der Waals surface area contributed by atoms with Crippen molar-refractivity contribution in [3.8, 4) is 0 Å². The zero-order valence-corrected chi connectivity index (χ0v) is 20.2. The number of carbonyl (C=O) groups is 2. The predicted octanol–water partition coefficient (Wildman–Crippen LogP) is 4.58. The van der Waals surface area contributed by atoms with Crippen LogP contribution < -0.4 is 4.90 Å². The number of benzene rings is 2. The van der Waals surface area contributed by atoms with E-state index < -0.39 is 23.6 Å². The molecule has 3 rings (SSSR count). The summed E-state index contributed by atoms with van der Waals surface area (Å²) in [5, 5.41) is 11.3. The average Bonchev–Trinajstić information content (AvgIpc) is 2.82. The van der Waals surface area contributed by atoms with Crippen molar-refractivity contribution in [2.75, 3.05) is 25.1 Å². The zero-order chi connectivity index (χ0) is 24.9. The van der Waals surface area contributed by atoms with Crippen LogP contribution in [0.4, 0.5) is 14.9 Å². The van der Waals surface area contributed by atoms with Gasteiger partial charge in [0, 0.05) is 36.8 Å². The van der Waals surface area contributed by atoms with E-state index in [0.29, 0.717) is 31.5 Å². The Morgan fingerprint density at radius 1 is 1.15 bits per heavy atom. The van der Waals surface area contributed by atoms with Gasteiger partial charge in [0.2, 0.25) is 0 Å². The SMILES string of the molecule is COC(=O)c1ccc(CN(c2ccccc2)C(O)C2CCN(C(=O)OC(C)(C)C)CC2)c(F)c1. The molecular formula is C26H33FN2O5. The number of anilines is 1. The molecule has 1 unspecified atom stereocenters. The van der Waals surface area contributed by atoms with E-state index in [0.717, 1.165) is 11.8 Å². The normalized spacial score (nSPS) is 15.5. The van der Waals surface area contributed by atoms with Crippen molar-refractivity contribution in [1.82, 2.24) is 4.90 Å². The molecule has 1 N–H and O–H groups in total. The molecule has 1 heterocycles. The Labute approximate surface area is 200 Å². The van der Waals surface area contributed by atoms with E-state index in [-0.39, 0.29) is 24.1 Å². The van der Waals surface area contributed by atoms with Gasteiger partial charge in [0.05, 0.1) is 12.7 Å². The van der Waals surface area contributed by atoms with E-state index in [1.54, 1.807) is 9.80 Å². The van der Waals surface area contributed by atoms with Gasteiger partial charge in [-0.2, -0.15) is 0 Å². The minimum Gasteiger partial charge on any atom is -0.465 e. The lowest BCUT2D eigenvalue weighted by Crippen LogP contribution is -2.48. The van der Waals surface area contributed by atoms with Crippen molar-refractivity contribution in [1.29, 1.82) is 0 Å². The number of aliphatic hydroxyl groups is 1. The van der Waals surface area contributed by atoms with Gasteiger partial charge < -0.3 is 24.4 Å². The second-order valence-corrected chi connectivity index (χ2v) is 9.48. The number of nitrogens with zero attached hydrogens (tertiary/aromatic N) is 2. The highest BCUT2D eigenvalue weighted by molar-refractivity contribution is 5.89. The van der Waals surface area contributed by atoms with Crippen LogP contribution in [0.25, 0.3) is 0 Å². The number of rotatable bonds is 6. The van der Waals surface area contributed by atoms with E-state index in [4.69, 9.17) is 4.74 Å². The van der Waals surface area contributed by atoms with Gasteiger partial charge in [-0.25, -0.2) is 14.0 Å². The molecule has 0 saturated carbocycles. The van der Waals surface area contributed by atoms with Crippen LogP contribution in [0.2, 0.25) is 0 Å². The van der Waals surface area contributed by atoms with Gasteiger partial charge in [0.15, 0.2) is 0 Å². The second-order valence-electron chi connectivity index (χ2n) is 9.48. The molecule has 0 aromatic heterocycles. The predicted molar refractivity (Wildman–Crippen MR) is 127 cm³/mol. The lowest BCUT2D eigenvalue weighted by atomic mass is 9.93. The Morgan fingerprint density at radius 3 is 2.35 bits per heavy atom. The Hall–Kier alpha value is -3.13. The Morgan fingerprint density at radius 2 is 1.79 bits per heavy atom. The van der Waals surface area contributed by atoms with Crippen molar-refractivity contribution in [3.05, 3.63) is 65.5 Å². The summed E-state index contributed by atoms with van der Waals surface area (Å²) in [5.41, 5.74) is 0.665. The largest absolute Gasteiger partial charge is 0.465 e. The first-order valence-electron chi connectivity index (χ1n) is 11.4. The summed E-state index contributed by atoms with van der Waals surface area (Å²) in [4.78, 5) is 27.5. The highest BCUT2D eigenvalue weighted by Gasteiger charge is 2.33. The molecule has 2 aromatic carbocycles. The van der Waals surface area contributed by atoms with Crippen LogP contribution in [0.1, 0.15) is 49.5 Å². The van der Waals surface area contributed by atoms with Gasteiger partial charge in [-0.05, 0) is 57.9 Å². The molecule has 184 valence electrons. The molecule has 0 spiro atoms. The number of amides is 1. The van der Waals surface area contributed by atoms with Crippen LogP contribution in [-0.2, 0) is 16.0 Å². The monoisotopic (exact) mass is 472 g/mol. The third-order valence-corrected chi connectivity index (χ3v) is 5.83. The molecule has 34 heavy (non-hydrogen) atoms. The summed E-state index contributed by atoms with van der Waals surface area (Å²) in [7, 11) is 1.25. The van der Waals surface area contributed by atoms with Gasteiger partial charge in [0.1, 0.15) is 17.6 Å². The van der Waals surface area contributed by atoms with Crippen LogP contribution in [-0.4, -0.2) is 54.1 Å². The van der Waals surface area contributed by atoms with E-state index in [1.807, 2.05) is 51.1 Å². The molecule has 1 fully saturated rings. The summed E-state index contributed by atoms with van der Waals surface area (Å²) < 4.78 is 24.9. The topological polar surface area (TPSA) is 79.3 Å².